The van der Waals surface area contributed by atoms with E-state index in [1.807, 2.05) is 5.01 Å². The Bertz CT molecular complexity index is 984. The number of hydrogen-bond acceptors (Lipinski definition) is 4. The molecule has 0 aromatic heterocycles. The first-order valence-electron chi connectivity index (χ1n) is 9.09. The Balaban J connectivity index is 1.59. The molecule has 28 heavy (non-hydrogen) atoms. The van der Waals surface area contributed by atoms with E-state index in [1.54, 1.807) is 24.3 Å². The molecule has 0 saturated carbocycles. The van der Waals surface area contributed by atoms with Gasteiger partial charge in [-0.25, -0.2) is 19.3 Å². The van der Waals surface area contributed by atoms with Gasteiger partial charge in [0.1, 0.15) is 11.9 Å². The van der Waals surface area contributed by atoms with Gasteiger partial charge in [0.15, 0.2) is 0 Å². The number of halogens is 3. The molecule has 3 saturated heterocycles. The Morgan fingerprint density at radius 1 is 0.893 bits per heavy atom. The van der Waals surface area contributed by atoms with Gasteiger partial charge >= 0.3 is 0 Å². The normalized spacial score (nSPS) is 27.5. The predicted octanol–water partition coefficient (Wildman–Crippen LogP) is 3.67. The number of benzene rings is 2. The third-order valence-electron chi connectivity index (χ3n) is 5.77. The van der Waals surface area contributed by atoms with Gasteiger partial charge in [0, 0.05) is 18.1 Å². The summed E-state index contributed by atoms with van der Waals surface area (Å²) in [5.41, 5.74) is 1.17. The molecule has 144 valence electrons. The van der Waals surface area contributed by atoms with E-state index in [0.717, 1.165) is 18.5 Å². The third-order valence-corrected chi connectivity index (χ3v) is 6.31. The highest BCUT2D eigenvalue weighted by atomic mass is 35.5. The average Bonchev–Trinajstić information content (AvgIpc) is 3.30. The number of nitrogens with zero attached hydrogens (tertiary/aromatic N) is 3. The summed E-state index contributed by atoms with van der Waals surface area (Å²) in [4.78, 5) is 27.9. The molecule has 3 aliphatic rings. The Hall–Kier alpha value is -1.99. The lowest BCUT2D eigenvalue weighted by Crippen LogP contribution is -2.44. The number of imide groups is 1. The Morgan fingerprint density at radius 2 is 1.57 bits per heavy atom. The zero-order valence-electron chi connectivity index (χ0n) is 14.7. The molecule has 0 spiro atoms. The lowest BCUT2D eigenvalue weighted by molar-refractivity contribution is -0.126. The van der Waals surface area contributed by atoms with E-state index in [9.17, 15) is 14.0 Å². The van der Waals surface area contributed by atoms with Crippen LogP contribution in [0, 0.1) is 11.7 Å². The summed E-state index contributed by atoms with van der Waals surface area (Å²) in [6.45, 7) is 1.47. The van der Waals surface area contributed by atoms with Crippen molar-refractivity contribution >= 4 is 40.7 Å². The van der Waals surface area contributed by atoms with E-state index in [4.69, 9.17) is 23.2 Å². The Kier molecular flexibility index (Phi) is 4.21. The van der Waals surface area contributed by atoms with Gasteiger partial charge in [0.05, 0.1) is 22.7 Å². The number of carbonyl (C=O) groups is 2. The zero-order valence-corrected chi connectivity index (χ0v) is 16.2. The lowest BCUT2D eigenvalue weighted by atomic mass is 9.90. The summed E-state index contributed by atoms with van der Waals surface area (Å²) in [6, 6.07) is 10.00. The van der Waals surface area contributed by atoms with Crippen LogP contribution in [0.25, 0.3) is 0 Å². The minimum absolute atomic E-state index is 0.255. The first kappa shape index (κ1) is 18.1. The van der Waals surface area contributed by atoms with Crippen LogP contribution >= 0.6 is 23.2 Å². The number of carbonyl (C=O) groups excluding carboxylic acids is 2. The second-order valence-electron chi connectivity index (χ2n) is 7.25. The van der Waals surface area contributed by atoms with Crippen molar-refractivity contribution in [3.05, 3.63) is 63.9 Å². The summed E-state index contributed by atoms with van der Waals surface area (Å²) in [6.07, 6.45) is 0.907. The molecule has 5 nitrogen and oxygen atoms in total. The first-order valence-corrected chi connectivity index (χ1v) is 9.84. The van der Waals surface area contributed by atoms with E-state index in [2.05, 4.69) is 5.01 Å². The summed E-state index contributed by atoms with van der Waals surface area (Å²) in [7, 11) is 0. The van der Waals surface area contributed by atoms with Crippen LogP contribution in [0.5, 0.6) is 0 Å². The molecule has 2 amide bonds. The fourth-order valence-electron chi connectivity index (χ4n) is 4.67. The van der Waals surface area contributed by atoms with E-state index < -0.39 is 12.0 Å². The fourth-order valence-corrected chi connectivity index (χ4v) is 5.17. The fraction of sp³-hybridized carbons (Fsp3) is 0.300. The summed E-state index contributed by atoms with van der Waals surface area (Å²) >= 11 is 12.2. The minimum atomic E-state index is -0.572. The molecule has 0 bridgehead atoms. The Labute approximate surface area is 171 Å². The van der Waals surface area contributed by atoms with Crippen LogP contribution in [0.2, 0.25) is 10.0 Å². The summed E-state index contributed by atoms with van der Waals surface area (Å²) < 4.78 is 13.4. The average molecular weight is 420 g/mol. The van der Waals surface area contributed by atoms with E-state index in [1.165, 1.54) is 23.1 Å². The lowest BCUT2D eigenvalue weighted by Gasteiger charge is -2.30. The molecule has 2 aromatic rings. The van der Waals surface area contributed by atoms with Crippen molar-refractivity contribution in [3.63, 3.8) is 0 Å². The number of fused-ring (bicyclic) bond motifs is 3. The van der Waals surface area contributed by atoms with Gasteiger partial charge in [-0.1, -0.05) is 35.3 Å². The molecule has 0 aliphatic carbocycles. The molecule has 3 aliphatic heterocycles. The summed E-state index contributed by atoms with van der Waals surface area (Å²) in [5.74, 6) is -1.47. The third kappa shape index (κ3) is 2.52. The van der Waals surface area contributed by atoms with Crippen molar-refractivity contribution in [1.82, 2.24) is 10.0 Å². The molecule has 0 N–H and O–H groups in total. The topological polar surface area (TPSA) is 43.9 Å². The van der Waals surface area contributed by atoms with Crippen LogP contribution < -0.4 is 4.90 Å². The molecule has 3 fully saturated rings. The van der Waals surface area contributed by atoms with Crippen molar-refractivity contribution in [2.45, 2.75) is 18.5 Å². The molecular weight excluding hydrogens is 404 g/mol. The quantitative estimate of drug-likeness (QED) is 0.696. The predicted molar refractivity (Wildman–Crippen MR) is 103 cm³/mol. The van der Waals surface area contributed by atoms with Crippen LogP contribution in [-0.2, 0) is 9.59 Å². The Morgan fingerprint density at radius 3 is 2.25 bits per heavy atom. The van der Waals surface area contributed by atoms with Crippen molar-refractivity contribution in [1.29, 1.82) is 0 Å². The smallest absolute Gasteiger partial charge is 0.253 e. The van der Waals surface area contributed by atoms with Gasteiger partial charge in [0.25, 0.3) is 5.91 Å². The molecule has 0 radical (unpaired) electrons. The van der Waals surface area contributed by atoms with Crippen molar-refractivity contribution in [3.8, 4) is 0 Å². The molecule has 2 aromatic carbocycles. The van der Waals surface area contributed by atoms with Crippen LogP contribution in [0.3, 0.4) is 0 Å². The minimum Gasteiger partial charge on any atom is -0.274 e. The van der Waals surface area contributed by atoms with Gasteiger partial charge in [-0.05, 0) is 42.3 Å². The van der Waals surface area contributed by atoms with Crippen molar-refractivity contribution in [2.24, 2.45) is 5.92 Å². The van der Waals surface area contributed by atoms with Crippen LogP contribution in [0.1, 0.15) is 18.0 Å². The summed E-state index contributed by atoms with van der Waals surface area (Å²) in [5, 5.41) is 4.76. The highest BCUT2D eigenvalue weighted by Crippen LogP contribution is 2.49. The monoisotopic (exact) mass is 419 g/mol. The highest BCUT2D eigenvalue weighted by Gasteiger charge is 2.63. The standard InChI is InChI=1S/C20H16Cl2FN3O2/c21-12-4-7-15(14(22)10-12)26-19(27)16-17(11-2-5-13(23)6-3-11)24-8-1-9-25(24)18(16)20(26)28/h2-7,10,16-18H,1,8-9H2/t16-,17-,18+/m0/s1. The van der Waals surface area contributed by atoms with Crippen molar-refractivity contribution in [2.75, 3.05) is 18.0 Å². The molecule has 3 heterocycles. The maximum absolute atomic E-state index is 13.4. The van der Waals surface area contributed by atoms with Gasteiger partial charge in [-0.15, -0.1) is 0 Å². The largest absolute Gasteiger partial charge is 0.274 e. The molecular formula is C20H16Cl2FN3O2. The van der Waals surface area contributed by atoms with Gasteiger partial charge in [-0.2, -0.15) is 0 Å². The van der Waals surface area contributed by atoms with Gasteiger partial charge in [0.2, 0.25) is 5.91 Å². The maximum Gasteiger partial charge on any atom is 0.253 e. The maximum atomic E-state index is 13.4. The van der Waals surface area contributed by atoms with Crippen molar-refractivity contribution < 1.29 is 14.0 Å². The second-order valence-corrected chi connectivity index (χ2v) is 8.10. The van der Waals surface area contributed by atoms with Crippen LogP contribution in [0.4, 0.5) is 10.1 Å². The second kappa shape index (κ2) is 6.52. The molecule has 5 rings (SSSR count). The van der Waals surface area contributed by atoms with Crippen LogP contribution in [0.15, 0.2) is 42.5 Å². The van der Waals surface area contributed by atoms with Crippen LogP contribution in [-0.4, -0.2) is 41.0 Å². The van der Waals surface area contributed by atoms with E-state index in [0.29, 0.717) is 17.3 Å². The number of rotatable bonds is 2. The number of amides is 2. The highest BCUT2D eigenvalue weighted by molar-refractivity contribution is 6.38. The van der Waals surface area contributed by atoms with Gasteiger partial charge < -0.3 is 0 Å². The molecule has 8 heteroatoms. The SMILES string of the molecule is O=C1[C@@H]2[C@H](C(=O)N1c1ccc(Cl)cc1Cl)N1CCCN1[C@H]2c1ccc(F)cc1. The van der Waals surface area contributed by atoms with Gasteiger partial charge in [-0.3, -0.25) is 9.59 Å². The number of hydrazine groups is 1. The van der Waals surface area contributed by atoms with E-state index >= 15 is 0 Å². The number of hydrogen-bond donors (Lipinski definition) is 0. The molecule has 0 unspecified atom stereocenters. The number of anilines is 1. The van der Waals surface area contributed by atoms with E-state index in [-0.39, 0.29) is 28.7 Å². The first-order chi connectivity index (χ1) is 13.5. The molecule has 3 atom stereocenters. The zero-order chi connectivity index (χ0) is 19.6.